The molecule has 1 aromatic heterocycles. The van der Waals surface area contributed by atoms with Gasteiger partial charge in [-0.15, -0.1) is 0 Å². The Morgan fingerprint density at radius 2 is 2.19 bits per heavy atom. The van der Waals surface area contributed by atoms with Crippen molar-refractivity contribution in [3.63, 3.8) is 0 Å². The van der Waals surface area contributed by atoms with E-state index in [1.54, 1.807) is 12.3 Å². The third-order valence-electron chi connectivity index (χ3n) is 2.72. The first-order valence-electron chi connectivity index (χ1n) is 5.60. The molecule has 0 aliphatic carbocycles. The molecule has 0 saturated carbocycles. The number of nitrogens with one attached hydrogen (secondary N) is 1. The normalized spacial score (nSPS) is 14.8. The van der Waals surface area contributed by atoms with Crippen molar-refractivity contribution in [2.45, 2.75) is 26.8 Å². The molecule has 0 radical (unpaired) electrons. The molecule has 1 unspecified atom stereocenters. The fourth-order valence-electron chi connectivity index (χ4n) is 1.61. The highest BCUT2D eigenvalue weighted by Crippen LogP contribution is 2.15. The van der Waals surface area contributed by atoms with Crippen LogP contribution in [0.2, 0.25) is 0 Å². The van der Waals surface area contributed by atoms with Crippen LogP contribution in [0.4, 0.5) is 0 Å². The molecule has 4 nitrogen and oxygen atoms in total. The summed E-state index contributed by atoms with van der Waals surface area (Å²) in [7, 11) is 0. The summed E-state index contributed by atoms with van der Waals surface area (Å²) in [5, 5.41) is 2.90. The standard InChI is InChI=1S/C12H20N2O2/c1-8(2)10(7-13)12(15)14-9(3)11-5-4-6-16-11/h4-6,8-10H,7,13H2,1-3H3,(H,14,15)/t9-,10?/m0/s1. The van der Waals surface area contributed by atoms with Crippen LogP contribution in [0, 0.1) is 11.8 Å². The van der Waals surface area contributed by atoms with Crippen LogP contribution in [0.25, 0.3) is 0 Å². The molecule has 90 valence electrons. The van der Waals surface area contributed by atoms with Gasteiger partial charge < -0.3 is 15.5 Å². The smallest absolute Gasteiger partial charge is 0.225 e. The molecule has 0 aromatic carbocycles. The van der Waals surface area contributed by atoms with E-state index in [-0.39, 0.29) is 23.8 Å². The summed E-state index contributed by atoms with van der Waals surface area (Å²) in [6.07, 6.45) is 1.60. The number of rotatable bonds is 5. The van der Waals surface area contributed by atoms with Crippen molar-refractivity contribution in [1.29, 1.82) is 0 Å². The predicted molar refractivity (Wildman–Crippen MR) is 62.6 cm³/mol. The van der Waals surface area contributed by atoms with E-state index in [1.165, 1.54) is 0 Å². The molecule has 2 atom stereocenters. The predicted octanol–water partition coefficient (Wildman–Crippen LogP) is 1.69. The van der Waals surface area contributed by atoms with E-state index in [0.29, 0.717) is 6.54 Å². The molecule has 1 rings (SSSR count). The van der Waals surface area contributed by atoms with Gasteiger partial charge in [-0.1, -0.05) is 13.8 Å². The molecule has 4 heteroatoms. The average Bonchev–Trinajstić information content (AvgIpc) is 2.70. The summed E-state index contributed by atoms with van der Waals surface area (Å²) < 4.78 is 5.22. The molecule has 1 heterocycles. The van der Waals surface area contributed by atoms with Gasteiger partial charge in [-0.25, -0.2) is 0 Å². The Hall–Kier alpha value is -1.29. The van der Waals surface area contributed by atoms with Crippen molar-refractivity contribution in [3.05, 3.63) is 24.2 Å². The minimum absolute atomic E-state index is 0.0126. The molecule has 0 saturated heterocycles. The van der Waals surface area contributed by atoms with Crippen LogP contribution in [0.5, 0.6) is 0 Å². The van der Waals surface area contributed by atoms with E-state index in [0.717, 1.165) is 5.76 Å². The highest BCUT2D eigenvalue weighted by atomic mass is 16.3. The molecular weight excluding hydrogens is 204 g/mol. The Morgan fingerprint density at radius 1 is 1.50 bits per heavy atom. The topological polar surface area (TPSA) is 68.3 Å². The van der Waals surface area contributed by atoms with Crippen molar-refractivity contribution < 1.29 is 9.21 Å². The zero-order valence-electron chi connectivity index (χ0n) is 10.1. The fraction of sp³-hybridized carbons (Fsp3) is 0.583. The van der Waals surface area contributed by atoms with Gasteiger partial charge in [0.1, 0.15) is 5.76 Å². The molecule has 16 heavy (non-hydrogen) atoms. The Kier molecular flexibility index (Phi) is 4.55. The second-order valence-corrected chi connectivity index (χ2v) is 4.33. The van der Waals surface area contributed by atoms with Gasteiger partial charge in [-0.05, 0) is 25.0 Å². The lowest BCUT2D eigenvalue weighted by molar-refractivity contribution is -0.126. The Balaban J connectivity index is 2.57. The second kappa shape index (κ2) is 5.70. The summed E-state index contributed by atoms with van der Waals surface area (Å²) in [6, 6.07) is 3.54. The second-order valence-electron chi connectivity index (χ2n) is 4.33. The first kappa shape index (κ1) is 12.8. The van der Waals surface area contributed by atoms with Gasteiger partial charge in [0.05, 0.1) is 18.2 Å². The van der Waals surface area contributed by atoms with Gasteiger partial charge in [-0.3, -0.25) is 4.79 Å². The number of hydrogen-bond donors (Lipinski definition) is 2. The Morgan fingerprint density at radius 3 is 2.62 bits per heavy atom. The van der Waals surface area contributed by atoms with Crippen LogP contribution < -0.4 is 11.1 Å². The molecule has 0 spiro atoms. The van der Waals surface area contributed by atoms with Crippen molar-refractivity contribution in [1.82, 2.24) is 5.32 Å². The van der Waals surface area contributed by atoms with E-state index in [4.69, 9.17) is 10.2 Å². The number of nitrogens with two attached hydrogens (primary N) is 1. The SMILES string of the molecule is CC(C)C(CN)C(=O)N[C@@H](C)c1ccco1. The van der Waals surface area contributed by atoms with Gasteiger partial charge in [0.25, 0.3) is 0 Å². The maximum atomic E-state index is 11.9. The molecule has 0 aliphatic rings. The van der Waals surface area contributed by atoms with Crippen molar-refractivity contribution >= 4 is 5.91 Å². The summed E-state index contributed by atoms with van der Waals surface area (Å²) in [5.41, 5.74) is 5.58. The molecule has 0 bridgehead atoms. The van der Waals surface area contributed by atoms with Crippen molar-refractivity contribution in [2.75, 3.05) is 6.54 Å². The molecule has 3 N–H and O–H groups in total. The van der Waals surface area contributed by atoms with Crippen LogP contribution in [0.15, 0.2) is 22.8 Å². The molecule has 0 fully saturated rings. The van der Waals surface area contributed by atoms with Crippen LogP contribution in [0.1, 0.15) is 32.6 Å². The minimum atomic E-state index is -0.141. The zero-order chi connectivity index (χ0) is 12.1. The van der Waals surface area contributed by atoms with E-state index in [1.807, 2.05) is 26.8 Å². The van der Waals surface area contributed by atoms with E-state index < -0.39 is 0 Å². The largest absolute Gasteiger partial charge is 0.467 e. The van der Waals surface area contributed by atoms with Gasteiger partial charge in [0, 0.05) is 6.54 Å². The third-order valence-corrected chi connectivity index (χ3v) is 2.72. The van der Waals surface area contributed by atoms with Gasteiger partial charge in [0.2, 0.25) is 5.91 Å². The van der Waals surface area contributed by atoms with Crippen molar-refractivity contribution in [3.8, 4) is 0 Å². The number of hydrogen-bond acceptors (Lipinski definition) is 3. The highest BCUT2D eigenvalue weighted by molar-refractivity contribution is 5.79. The number of amides is 1. The third kappa shape index (κ3) is 3.10. The van der Waals surface area contributed by atoms with E-state index in [2.05, 4.69) is 5.32 Å². The summed E-state index contributed by atoms with van der Waals surface area (Å²) in [4.78, 5) is 11.9. The first-order chi connectivity index (χ1) is 7.56. The lowest BCUT2D eigenvalue weighted by atomic mass is 9.95. The monoisotopic (exact) mass is 224 g/mol. The fourth-order valence-corrected chi connectivity index (χ4v) is 1.61. The van der Waals surface area contributed by atoms with E-state index in [9.17, 15) is 4.79 Å². The van der Waals surface area contributed by atoms with Crippen LogP contribution >= 0.6 is 0 Å². The zero-order valence-corrected chi connectivity index (χ0v) is 10.1. The quantitative estimate of drug-likeness (QED) is 0.799. The number of carbonyl (C=O) groups is 1. The van der Waals surface area contributed by atoms with E-state index >= 15 is 0 Å². The average molecular weight is 224 g/mol. The van der Waals surface area contributed by atoms with Crippen molar-refractivity contribution in [2.24, 2.45) is 17.6 Å². The molecule has 1 aromatic rings. The van der Waals surface area contributed by atoms with Crippen LogP contribution in [0.3, 0.4) is 0 Å². The maximum Gasteiger partial charge on any atom is 0.225 e. The van der Waals surface area contributed by atoms with Crippen LogP contribution in [-0.2, 0) is 4.79 Å². The van der Waals surface area contributed by atoms with Crippen LogP contribution in [-0.4, -0.2) is 12.5 Å². The Bertz CT molecular complexity index is 320. The number of furan rings is 1. The molecular formula is C12H20N2O2. The van der Waals surface area contributed by atoms with Gasteiger partial charge in [-0.2, -0.15) is 0 Å². The summed E-state index contributed by atoms with van der Waals surface area (Å²) >= 11 is 0. The summed E-state index contributed by atoms with van der Waals surface area (Å²) in [6.45, 7) is 6.25. The lowest BCUT2D eigenvalue weighted by Gasteiger charge is -2.20. The maximum absolute atomic E-state index is 11.9. The highest BCUT2D eigenvalue weighted by Gasteiger charge is 2.22. The first-order valence-corrected chi connectivity index (χ1v) is 5.60. The minimum Gasteiger partial charge on any atom is -0.467 e. The summed E-state index contributed by atoms with van der Waals surface area (Å²) in [5.74, 6) is 0.848. The molecule has 1 amide bonds. The van der Waals surface area contributed by atoms with Gasteiger partial charge in [0.15, 0.2) is 0 Å². The van der Waals surface area contributed by atoms with Gasteiger partial charge >= 0.3 is 0 Å². The Labute approximate surface area is 96.2 Å². The molecule has 0 aliphatic heterocycles. The number of carbonyl (C=O) groups excluding carboxylic acids is 1. The lowest BCUT2D eigenvalue weighted by Crippen LogP contribution is -2.39.